The monoisotopic (exact) mass is 438 g/mol. The summed E-state index contributed by atoms with van der Waals surface area (Å²) in [5.74, 6) is -1.43. The maximum Gasteiger partial charge on any atom is 0.303 e. The average molecular weight is 439 g/mol. The molecular formula is C18H19ClN4O5S. The Morgan fingerprint density at radius 2 is 2.14 bits per heavy atom. The number of nitriles is 1. The van der Waals surface area contributed by atoms with E-state index >= 15 is 0 Å². The first-order valence-corrected chi connectivity index (χ1v) is 9.89. The highest BCUT2D eigenvalue weighted by Gasteiger charge is 2.46. The topological polar surface area (TPSA) is 134 Å². The van der Waals surface area contributed by atoms with E-state index in [-0.39, 0.29) is 12.5 Å². The first-order chi connectivity index (χ1) is 13.8. The van der Waals surface area contributed by atoms with E-state index in [1.165, 1.54) is 25.6 Å². The fraction of sp³-hybridized carbons (Fsp3) is 0.500. The number of benzene rings is 1. The number of hydrogen-bond donors (Lipinski definition) is 0. The molecule has 9 nitrogen and oxygen atoms in total. The van der Waals surface area contributed by atoms with E-state index in [4.69, 9.17) is 36.6 Å². The number of hydrogen-bond acceptors (Lipinski definition) is 8. The Balaban J connectivity index is 2.31. The lowest BCUT2D eigenvalue weighted by Gasteiger charge is -2.43. The van der Waals surface area contributed by atoms with Gasteiger partial charge in [0.1, 0.15) is 30.3 Å². The Labute approximate surface area is 176 Å². The molecule has 1 aliphatic rings. The summed E-state index contributed by atoms with van der Waals surface area (Å²) < 4.78 is 16.4. The zero-order chi connectivity index (χ0) is 21.6. The first kappa shape index (κ1) is 22.8. The molecule has 0 bridgehead atoms. The summed E-state index contributed by atoms with van der Waals surface area (Å²) in [6, 6.07) is 6.23. The molecule has 1 fully saturated rings. The van der Waals surface area contributed by atoms with Crippen LogP contribution in [0.1, 0.15) is 26.3 Å². The van der Waals surface area contributed by atoms with Gasteiger partial charge in [-0.2, -0.15) is 5.26 Å². The highest BCUT2D eigenvalue weighted by atomic mass is 35.5. The summed E-state index contributed by atoms with van der Waals surface area (Å²) in [6.07, 6.45) is -1.72. The second-order valence-electron chi connectivity index (χ2n) is 6.35. The number of carbonyl (C=O) groups excluding carboxylic acids is 2. The minimum atomic E-state index is -0.904. The lowest BCUT2D eigenvalue weighted by molar-refractivity contribution is -0.182. The van der Waals surface area contributed by atoms with E-state index in [1.807, 2.05) is 6.07 Å². The minimum Gasteiger partial charge on any atom is -0.463 e. The molecule has 1 heterocycles. The van der Waals surface area contributed by atoms with E-state index in [1.54, 1.807) is 25.1 Å². The van der Waals surface area contributed by atoms with Crippen molar-refractivity contribution in [3.63, 3.8) is 0 Å². The molecule has 2 unspecified atom stereocenters. The van der Waals surface area contributed by atoms with Crippen molar-refractivity contribution < 1.29 is 23.8 Å². The smallest absolute Gasteiger partial charge is 0.303 e. The maximum absolute atomic E-state index is 11.6. The number of halogens is 1. The predicted molar refractivity (Wildman–Crippen MR) is 105 cm³/mol. The Kier molecular flexibility index (Phi) is 8.17. The SMILES string of the molecule is CC(=O)OCC1O[C@H](Sc2ccc(C#N)c(Cl)c2)[C@@H](C)C(N=[N+]=[N-])[C@H]1OC(C)=O. The third kappa shape index (κ3) is 6.02. The number of nitrogens with zero attached hydrogens (tertiary/aromatic N) is 4. The lowest BCUT2D eigenvalue weighted by atomic mass is 9.91. The third-order valence-electron chi connectivity index (χ3n) is 4.23. The fourth-order valence-corrected chi connectivity index (χ4v) is 4.35. The second kappa shape index (κ2) is 10.4. The highest BCUT2D eigenvalue weighted by Crippen LogP contribution is 2.40. The summed E-state index contributed by atoms with van der Waals surface area (Å²) >= 11 is 7.41. The Morgan fingerprint density at radius 3 is 2.69 bits per heavy atom. The molecule has 0 N–H and O–H groups in total. The molecule has 154 valence electrons. The standard InChI is InChI=1S/C18H19ClN4O5S/c1-9-16(22-23-21)17(27-11(3)25)15(8-26-10(2)24)28-18(9)29-13-5-4-12(7-20)14(19)6-13/h4-6,9,15-18H,8H2,1-3H3/t9-,15?,16?,17-,18+/m0/s1. The Hall–Kier alpha value is -2.44. The van der Waals surface area contributed by atoms with Crippen LogP contribution in [0.3, 0.4) is 0 Å². The van der Waals surface area contributed by atoms with Crippen LogP contribution in [-0.4, -0.2) is 42.2 Å². The summed E-state index contributed by atoms with van der Waals surface area (Å²) in [5.41, 5.74) is 8.84. The number of thioether (sulfide) groups is 1. The van der Waals surface area contributed by atoms with Crippen LogP contribution >= 0.6 is 23.4 Å². The molecule has 11 heteroatoms. The van der Waals surface area contributed by atoms with Gasteiger partial charge in [0, 0.05) is 29.6 Å². The van der Waals surface area contributed by atoms with Gasteiger partial charge in [-0.25, -0.2) is 0 Å². The Morgan fingerprint density at radius 1 is 1.41 bits per heavy atom. The Bertz CT molecular complexity index is 870. The quantitative estimate of drug-likeness (QED) is 0.285. The summed E-state index contributed by atoms with van der Waals surface area (Å²) in [6.45, 7) is 4.13. The van der Waals surface area contributed by atoms with Crippen molar-refractivity contribution >= 4 is 35.3 Å². The van der Waals surface area contributed by atoms with Crippen molar-refractivity contribution in [2.75, 3.05) is 6.61 Å². The van der Waals surface area contributed by atoms with Crippen molar-refractivity contribution in [2.24, 2.45) is 11.0 Å². The summed E-state index contributed by atoms with van der Waals surface area (Å²) in [4.78, 5) is 26.4. The molecule has 0 spiro atoms. The number of ether oxygens (including phenoxy) is 3. The molecule has 1 aromatic carbocycles. The van der Waals surface area contributed by atoms with E-state index in [0.29, 0.717) is 10.6 Å². The molecular weight excluding hydrogens is 420 g/mol. The molecule has 29 heavy (non-hydrogen) atoms. The van der Waals surface area contributed by atoms with E-state index < -0.39 is 35.6 Å². The number of carbonyl (C=O) groups is 2. The van der Waals surface area contributed by atoms with Gasteiger partial charge in [-0.1, -0.05) is 35.4 Å². The maximum atomic E-state index is 11.6. The summed E-state index contributed by atoms with van der Waals surface area (Å²) in [5, 5.41) is 13.1. The van der Waals surface area contributed by atoms with Crippen molar-refractivity contribution in [3.8, 4) is 6.07 Å². The molecule has 0 aromatic heterocycles. The molecule has 1 aliphatic heterocycles. The summed E-state index contributed by atoms with van der Waals surface area (Å²) in [7, 11) is 0. The van der Waals surface area contributed by atoms with Crippen molar-refractivity contribution in [3.05, 3.63) is 39.2 Å². The van der Waals surface area contributed by atoms with Crippen LogP contribution < -0.4 is 0 Å². The van der Waals surface area contributed by atoms with Crippen LogP contribution in [0.15, 0.2) is 28.2 Å². The molecule has 5 atom stereocenters. The molecule has 0 amide bonds. The van der Waals surface area contributed by atoms with Crippen LogP contribution in [0.5, 0.6) is 0 Å². The number of esters is 2. The van der Waals surface area contributed by atoms with Gasteiger partial charge >= 0.3 is 11.9 Å². The van der Waals surface area contributed by atoms with Crippen LogP contribution in [0.4, 0.5) is 0 Å². The second-order valence-corrected chi connectivity index (χ2v) is 7.92. The van der Waals surface area contributed by atoms with Gasteiger partial charge in [-0.05, 0) is 23.7 Å². The van der Waals surface area contributed by atoms with Crippen molar-refractivity contribution in [1.82, 2.24) is 0 Å². The van der Waals surface area contributed by atoms with Crippen LogP contribution in [0.25, 0.3) is 10.4 Å². The van der Waals surface area contributed by atoms with E-state index in [0.717, 1.165) is 4.90 Å². The largest absolute Gasteiger partial charge is 0.463 e. The van der Waals surface area contributed by atoms with Crippen LogP contribution in [0, 0.1) is 17.2 Å². The normalized spacial score (nSPS) is 26.0. The van der Waals surface area contributed by atoms with Gasteiger partial charge < -0.3 is 14.2 Å². The van der Waals surface area contributed by atoms with Gasteiger partial charge in [0.2, 0.25) is 0 Å². The van der Waals surface area contributed by atoms with E-state index in [2.05, 4.69) is 10.0 Å². The molecule has 0 saturated carbocycles. The van der Waals surface area contributed by atoms with Crippen molar-refractivity contribution in [1.29, 1.82) is 5.26 Å². The van der Waals surface area contributed by atoms with Crippen molar-refractivity contribution in [2.45, 2.75) is 49.4 Å². The van der Waals surface area contributed by atoms with Gasteiger partial charge in [-0.15, -0.1) is 0 Å². The number of azide groups is 1. The van der Waals surface area contributed by atoms with Gasteiger partial charge in [-0.3, -0.25) is 9.59 Å². The predicted octanol–water partition coefficient (Wildman–Crippen LogP) is 3.84. The molecule has 1 saturated heterocycles. The zero-order valence-electron chi connectivity index (χ0n) is 15.9. The molecule has 1 aromatic rings. The van der Waals surface area contributed by atoms with Gasteiger partial charge in [0.05, 0.1) is 16.6 Å². The highest BCUT2D eigenvalue weighted by molar-refractivity contribution is 7.99. The average Bonchev–Trinajstić information content (AvgIpc) is 2.65. The van der Waals surface area contributed by atoms with E-state index in [9.17, 15) is 9.59 Å². The zero-order valence-corrected chi connectivity index (χ0v) is 17.5. The molecule has 0 radical (unpaired) electrons. The minimum absolute atomic E-state index is 0.164. The lowest BCUT2D eigenvalue weighted by Crippen LogP contribution is -2.55. The number of rotatable bonds is 6. The van der Waals surface area contributed by atoms with Gasteiger partial charge in [0.25, 0.3) is 0 Å². The van der Waals surface area contributed by atoms with Gasteiger partial charge in [0.15, 0.2) is 0 Å². The van der Waals surface area contributed by atoms with Crippen LogP contribution in [-0.2, 0) is 23.8 Å². The third-order valence-corrected chi connectivity index (χ3v) is 5.84. The molecule has 2 rings (SSSR count). The fourth-order valence-electron chi connectivity index (χ4n) is 2.88. The first-order valence-electron chi connectivity index (χ1n) is 8.63. The van der Waals surface area contributed by atoms with Crippen LogP contribution in [0.2, 0.25) is 5.02 Å². The molecule has 0 aliphatic carbocycles.